The fourth-order valence-electron chi connectivity index (χ4n) is 1.46. The molecule has 2 heterocycles. The van der Waals surface area contributed by atoms with Gasteiger partial charge >= 0.3 is 5.97 Å². The van der Waals surface area contributed by atoms with E-state index in [1.54, 1.807) is 31.2 Å². The Bertz CT molecular complexity index is 522. The molecule has 0 amide bonds. The second kappa shape index (κ2) is 6.01. The summed E-state index contributed by atoms with van der Waals surface area (Å²) in [5.41, 5.74) is 0.601. The van der Waals surface area contributed by atoms with E-state index in [0.29, 0.717) is 10.6 Å². The highest BCUT2D eigenvalue weighted by atomic mass is 32.2. The first-order chi connectivity index (χ1) is 8.66. The fourth-order valence-corrected chi connectivity index (χ4v) is 3.48. The second-order valence-electron chi connectivity index (χ2n) is 3.70. The quantitative estimate of drug-likeness (QED) is 0.651. The van der Waals surface area contributed by atoms with Gasteiger partial charge in [-0.1, -0.05) is 11.8 Å². The number of rotatable bonds is 6. The lowest BCUT2D eigenvalue weighted by Crippen LogP contribution is -1.95. The van der Waals surface area contributed by atoms with Gasteiger partial charge in [-0.25, -0.2) is 14.8 Å². The Balaban J connectivity index is 1.80. The van der Waals surface area contributed by atoms with Crippen LogP contribution in [0.4, 0.5) is 0 Å². The third kappa shape index (κ3) is 3.33. The molecule has 0 unspecified atom stereocenters. The molecule has 0 bridgehead atoms. The summed E-state index contributed by atoms with van der Waals surface area (Å²) in [5.74, 6) is 0.0276. The number of thiazole rings is 1. The lowest BCUT2D eigenvalue weighted by Gasteiger charge is -2.00. The van der Waals surface area contributed by atoms with Gasteiger partial charge in [-0.15, -0.1) is 11.3 Å². The van der Waals surface area contributed by atoms with Crippen LogP contribution in [0.3, 0.4) is 0 Å². The van der Waals surface area contributed by atoms with Gasteiger partial charge in [0.15, 0.2) is 4.34 Å². The summed E-state index contributed by atoms with van der Waals surface area (Å²) in [4.78, 5) is 19.4. The summed E-state index contributed by atoms with van der Waals surface area (Å²) in [5, 5.41) is 8.93. The molecule has 2 rings (SSSR count). The van der Waals surface area contributed by atoms with Gasteiger partial charge < -0.3 is 9.67 Å². The van der Waals surface area contributed by atoms with Gasteiger partial charge in [0.1, 0.15) is 4.88 Å². The molecule has 2 aromatic heterocycles. The molecule has 0 saturated heterocycles. The predicted octanol–water partition coefficient (Wildman–Crippen LogP) is 2.53. The van der Waals surface area contributed by atoms with Crippen LogP contribution in [0.25, 0.3) is 0 Å². The molecular weight excluding hydrogens is 270 g/mol. The van der Waals surface area contributed by atoms with Crippen molar-refractivity contribution in [3.63, 3.8) is 0 Å². The zero-order valence-electron chi connectivity index (χ0n) is 9.87. The van der Waals surface area contributed by atoms with Gasteiger partial charge in [0.25, 0.3) is 0 Å². The number of hydrogen-bond donors (Lipinski definition) is 1. The van der Waals surface area contributed by atoms with Gasteiger partial charge in [-0.05, 0) is 13.3 Å². The normalized spacial score (nSPS) is 10.7. The van der Waals surface area contributed by atoms with Crippen molar-refractivity contribution >= 4 is 29.1 Å². The maximum absolute atomic E-state index is 10.9. The zero-order chi connectivity index (χ0) is 13.0. The molecule has 7 heteroatoms. The molecule has 0 aliphatic carbocycles. The van der Waals surface area contributed by atoms with Crippen molar-refractivity contribution in [3.05, 3.63) is 29.3 Å². The van der Waals surface area contributed by atoms with Gasteiger partial charge in [0.05, 0.1) is 12.0 Å². The van der Waals surface area contributed by atoms with Crippen molar-refractivity contribution in [1.29, 1.82) is 0 Å². The standard InChI is InChI=1S/C11H13N3O2S2/c1-8-9(10(15)16)18-11(13-8)17-6-2-4-14-5-3-12-7-14/h3,5,7H,2,4,6H2,1H3,(H,15,16). The summed E-state index contributed by atoms with van der Waals surface area (Å²) in [7, 11) is 0. The molecule has 0 radical (unpaired) electrons. The average molecular weight is 283 g/mol. The Labute approximate surface area is 113 Å². The first-order valence-corrected chi connectivity index (χ1v) is 7.26. The predicted molar refractivity (Wildman–Crippen MR) is 71.4 cm³/mol. The molecule has 0 fully saturated rings. The van der Waals surface area contributed by atoms with Crippen molar-refractivity contribution in [3.8, 4) is 0 Å². The Morgan fingerprint density at radius 2 is 2.44 bits per heavy atom. The number of thioether (sulfide) groups is 1. The molecule has 0 aliphatic heterocycles. The minimum Gasteiger partial charge on any atom is -0.477 e. The van der Waals surface area contributed by atoms with E-state index in [2.05, 4.69) is 9.97 Å². The van der Waals surface area contributed by atoms with E-state index >= 15 is 0 Å². The first-order valence-electron chi connectivity index (χ1n) is 5.46. The summed E-state index contributed by atoms with van der Waals surface area (Å²) in [6, 6.07) is 0. The Morgan fingerprint density at radius 3 is 3.06 bits per heavy atom. The molecule has 1 N–H and O–H groups in total. The Morgan fingerprint density at radius 1 is 1.61 bits per heavy atom. The number of aromatic nitrogens is 3. The number of imidazole rings is 1. The Hall–Kier alpha value is -1.34. The van der Waals surface area contributed by atoms with Gasteiger partial charge in [0.2, 0.25) is 0 Å². The largest absolute Gasteiger partial charge is 0.477 e. The molecule has 0 aromatic carbocycles. The van der Waals surface area contributed by atoms with Gasteiger partial charge in [-0.3, -0.25) is 0 Å². The smallest absolute Gasteiger partial charge is 0.347 e. The van der Waals surface area contributed by atoms with Crippen molar-refractivity contribution in [1.82, 2.24) is 14.5 Å². The third-order valence-corrected chi connectivity index (χ3v) is 4.69. The van der Waals surface area contributed by atoms with E-state index in [9.17, 15) is 4.79 Å². The number of carboxylic acid groups (broad SMARTS) is 1. The highest BCUT2D eigenvalue weighted by molar-refractivity contribution is 8.01. The van der Waals surface area contributed by atoms with Crippen LogP contribution >= 0.6 is 23.1 Å². The molecule has 0 aliphatic rings. The van der Waals surface area contributed by atoms with E-state index in [0.717, 1.165) is 23.1 Å². The van der Waals surface area contributed by atoms with E-state index in [-0.39, 0.29) is 0 Å². The van der Waals surface area contributed by atoms with E-state index in [1.165, 1.54) is 11.3 Å². The first kappa shape index (κ1) is 13.1. The van der Waals surface area contributed by atoms with Crippen molar-refractivity contribution < 1.29 is 9.90 Å². The molecule has 96 valence electrons. The number of nitrogens with zero attached hydrogens (tertiary/aromatic N) is 3. The minimum atomic E-state index is -0.893. The molecule has 2 aromatic rings. The molecule has 18 heavy (non-hydrogen) atoms. The van der Waals surface area contributed by atoms with Crippen molar-refractivity contribution in [2.24, 2.45) is 0 Å². The number of hydrogen-bond acceptors (Lipinski definition) is 5. The molecule has 0 atom stereocenters. The number of carbonyl (C=O) groups is 1. The van der Waals surface area contributed by atoms with Crippen LogP contribution in [0.5, 0.6) is 0 Å². The number of carboxylic acids is 1. The third-order valence-electron chi connectivity index (χ3n) is 2.32. The van der Waals surface area contributed by atoms with Crippen molar-refractivity contribution in [2.75, 3.05) is 5.75 Å². The number of aromatic carboxylic acids is 1. The molecule has 5 nitrogen and oxygen atoms in total. The molecule has 0 spiro atoms. The van der Waals surface area contributed by atoms with E-state index < -0.39 is 5.97 Å². The SMILES string of the molecule is Cc1nc(SCCCn2ccnc2)sc1C(=O)O. The maximum Gasteiger partial charge on any atom is 0.347 e. The maximum atomic E-state index is 10.9. The summed E-state index contributed by atoms with van der Waals surface area (Å²) >= 11 is 2.85. The summed E-state index contributed by atoms with van der Waals surface area (Å²) in [6.07, 6.45) is 6.49. The molecular formula is C11H13N3O2S2. The van der Waals surface area contributed by atoms with E-state index in [1.807, 2.05) is 10.8 Å². The van der Waals surface area contributed by atoms with Crippen LogP contribution in [-0.4, -0.2) is 31.4 Å². The number of aryl methyl sites for hydroxylation is 2. The topological polar surface area (TPSA) is 68.0 Å². The highest BCUT2D eigenvalue weighted by Crippen LogP contribution is 2.27. The second-order valence-corrected chi connectivity index (χ2v) is 6.04. The van der Waals surface area contributed by atoms with Crippen LogP contribution < -0.4 is 0 Å². The van der Waals surface area contributed by atoms with E-state index in [4.69, 9.17) is 5.11 Å². The van der Waals surface area contributed by atoms with Crippen LogP contribution in [0.15, 0.2) is 23.1 Å². The van der Waals surface area contributed by atoms with Crippen molar-refractivity contribution in [2.45, 2.75) is 24.2 Å². The van der Waals surface area contributed by atoms with Crippen LogP contribution in [-0.2, 0) is 6.54 Å². The lowest BCUT2D eigenvalue weighted by atomic mass is 10.4. The minimum absolute atomic E-state index is 0.340. The van der Waals surface area contributed by atoms with Crippen LogP contribution in [0.1, 0.15) is 21.8 Å². The summed E-state index contributed by atoms with van der Waals surface area (Å²) in [6.45, 7) is 2.65. The fraction of sp³-hybridized carbons (Fsp3) is 0.364. The average Bonchev–Trinajstić information content (AvgIpc) is 2.94. The van der Waals surface area contributed by atoms with Crippen LogP contribution in [0, 0.1) is 6.92 Å². The monoisotopic (exact) mass is 283 g/mol. The molecule has 0 saturated carbocycles. The van der Waals surface area contributed by atoms with Crippen LogP contribution in [0.2, 0.25) is 0 Å². The highest BCUT2D eigenvalue weighted by Gasteiger charge is 2.13. The Kier molecular flexibility index (Phi) is 4.38. The lowest BCUT2D eigenvalue weighted by molar-refractivity contribution is 0.0701. The van der Waals surface area contributed by atoms with Gasteiger partial charge in [0, 0.05) is 24.7 Å². The zero-order valence-corrected chi connectivity index (χ0v) is 11.5. The summed E-state index contributed by atoms with van der Waals surface area (Å²) < 4.78 is 2.85. The van der Waals surface area contributed by atoms with Gasteiger partial charge in [-0.2, -0.15) is 0 Å².